The Kier molecular flexibility index (Phi) is 3.72. The Morgan fingerprint density at radius 3 is 2.72 bits per heavy atom. The first-order valence-corrected chi connectivity index (χ1v) is 10.6. The van der Waals surface area contributed by atoms with Gasteiger partial charge < -0.3 is 8.92 Å². The van der Waals surface area contributed by atoms with Crippen LogP contribution in [0, 0.1) is 12.3 Å². The first kappa shape index (κ1) is 18.6. The smallest absolute Gasteiger partial charge is 0.276 e. The number of nitrogens with zero attached hydrogens (tertiary/aromatic N) is 5. The van der Waals surface area contributed by atoms with Gasteiger partial charge in [-0.05, 0) is 31.9 Å². The van der Waals surface area contributed by atoms with Crippen molar-refractivity contribution in [2.45, 2.75) is 31.6 Å². The number of pyridine rings is 1. The van der Waals surface area contributed by atoms with Gasteiger partial charge in [-0.15, -0.1) is 0 Å². The second kappa shape index (κ2) is 5.80. The Morgan fingerprint density at radius 1 is 1.31 bits per heavy atom. The van der Waals surface area contributed by atoms with Crippen LogP contribution in [0.1, 0.15) is 30.3 Å². The SMILES string of the molecule is Cc1cnc2cc(-c3nc([C@@H]4C(F)(F)C45CCN(S(N)(=O)=O)CC5)no3)ccn12. The van der Waals surface area contributed by atoms with Crippen molar-refractivity contribution in [1.82, 2.24) is 23.8 Å². The van der Waals surface area contributed by atoms with Crippen LogP contribution in [-0.2, 0) is 10.2 Å². The lowest BCUT2D eigenvalue weighted by Crippen LogP contribution is -2.43. The number of aromatic nitrogens is 4. The molecule has 0 aromatic carbocycles. The third-order valence-corrected chi connectivity index (χ3v) is 7.20. The molecule has 3 aromatic heterocycles. The van der Waals surface area contributed by atoms with Crippen LogP contribution in [0.2, 0.25) is 0 Å². The summed E-state index contributed by atoms with van der Waals surface area (Å²) in [6.07, 6.45) is 3.50. The van der Waals surface area contributed by atoms with Crippen LogP contribution in [0.25, 0.3) is 17.1 Å². The van der Waals surface area contributed by atoms with E-state index >= 15 is 0 Å². The number of hydrogen-bond acceptors (Lipinski definition) is 6. The van der Waals surface area contributed by atoms with E-state index in [-0.39, 0.29) is 37.6 Å². The van der Waals surface area contributed by atoms with Crippen molar-refractivity contribution < 1.29 is 21.7 Å². The van der Waals surface area contributed by atoms with Crippen LogP contribution in [0.15, 0.2) is 29.0 Å². The zero-order chi connectivity index (χ0) is 20.6. The average Bonchev–Trinajstić information content (AvgIpc) is 3.09. The number of halogens is 2. The molecule has 29 heavy (non-hydrogen) atoms. The highest BCUT2D eigenvalue weighted by Gasteiger charge is 2.82. The predicted octanol–water partition coefficient (Wildman–Crippen LogP) is 1.71. The maximum absolute atomic E-state index is 14.7. The van der Waals surface area contributed by atoms with Gasteiger partial charge in [-0.25, -0.2) is 18.9 Å². The van der Waals surface area contributed by atoms with Gasteiger partial charge in [-0.1, -0.05) is 5.16 Å². The fourth-order valence-corrected chi connectivity index (χ4v) is 5.08. The number of hydrogen-bond donors (Lipinski definition) is 1. The fraction of sp³-hybridized carbons (Fsp3) is 0.471. The maximum atomic E-state index is 14.7. The van der Waals surface area contributed by atoms with E-state index in [1.54, 1.807) is 24.5 Å². The maximum Gasteiger partial charge on any atom is 0.276 e. The average molecular weight is 424 g/mol. The molecule has 0 unspecified atom stereocenters. The van der Waals surface area contributed by atoms with E-state index < -0.39 is 27.5 Å². The van der Waals surface area contributed by atoms with Gasteiger partial charge in [0, 0.05) is 36.7 Å². The van der Waals surface area contributed by atoms with E-state index in [0.29, 0.717) is 11.2 Å². The van der Waals surface area contributed by atoms with E-state index in [4.69, 9.17) is 9.66 Å². The van der Waals surface area contributed by atoms with Crippen molar-refractivity contribution in [2.75, 3.05) is 13.1 Å². The molecule has 2 N–H and O–H groups in total. The summed E-state index contributed by atoms with van der Waals surface area (Å²) in [6, 6.07) is 3.50. The standard InChI is InChI=1S/C17H18F2N6O3S/c1-10-9-21-12-8-11(2-5-25(10)12)15-22-14(23-28-15)13-16(17(13,18)19)3-6-24(7-4-16)29(20,26)27/h2,5,8-9,13H,3-4,6-7H2,1H3,(H2,20,26,27)/t13-/m0/s1. The molecule has 1 atom stereocenters. The fourth-order valence-electron chi connectivity index (χ4n) is 4.39. The third-order valence-electron chi connectivity index (χ3n) is 6.12. The monoisotopic (exact) mass is 424 g/mol. The highest BCUT2D eigenvalue weighted by Crippen LogP contribution is 2.75. The van der Waals surface area contributed by atoms with Crippen molar-refractivity contribution in [1.29, 1.82) is 0 Å². The van der Waals surface area contributed by atoms with E-state index in [2.05, 4.69) is 15.1 Å². The van der Waals surface area contributed by atoms with Gasteiger partial charge in [-0.3, -0.25) is 0 Å². The predicted molar refractivity (Wildman–Crippen MR) is 97.3 cm³/mol. The largest absolute Gasteiger partial charge is 0.334 e. The number of rotatable bonds is 3. The molecule has 1 aliphatic carbocycles. The molecule has 0 amide bonds. The van der Waals surface area contributed by atoms with Gasteiger partial charge in [0.25, 0.3) is 22.0 Å². The molecule has 4 heterocycles. The van der Waals surface area contributed by atoms with Crippen molar-refractivity contribution in [3.05, 3.63) is 36.0 Å². The van der Waals surface area contributed by atoms with Gasteiger partial charge in [0.15, 0.2) is 5.82 Å². The zero-order valence-corrected chi connectivity index (χ0v) is 16.2. The van der Waals surface area contributed by atoms with Gasteiger partial charge in [0.05, 0.1) is 11.3 Å². The highest BCUT2D eigenvalue weighted by atomic mass is 32.2. The minimum atomic E-state index is -3.89. The van der Waals surface area contributed by atoms with E-state index in [1.165, 1.54) is 0 Å². The molecule has 1 aliphatic heterocycles. The van der Waals surface area contributed by atoms with Crippen LogP contribution in [-0.4, -0.2) is 51.3 Å². The minimum Gasteiger partial charge on any atom is -0.334 e. The molecule has 0 bridgehead atoms. The Bertz CT molecular complexity index is 1210. The number of fused-ring (bicyclic) bond motifs is 1. The van der Waals surface area contributed by atoms with E-state index in [9.17, 15) is 17.2 Å². The summed E-state index contributed by atoms with van der Waals surface area (Å²) in [5.74, 6) is -4.15. The number of piperidine rings is 1. The molecule has 9 nitrogen and oxygen atoms in total. The summed E-state index contributed by atoms with van der Waals surface area (Å²) in [7, 11) is -3.89. The Morgan fingerprint density at radius 2 is 2.03 bits per heavy atom. The van der Waals surface area contributed by atoms with Gasteiger partial charge in [0.2, 0.25) is 0 Å². The molecular weight excluding hydrogens is 406 g/mol. The molecule has 154 valence electrons. The molecule has 5 rings (SSSR count). The quantitative estimate of drug-likeness (QED) is 0.684. The summed E-state index contributed by atoms with van der Waals surface area (Å²) in [5, 5.41) is 8.91. The Labute approximate surface area is 164 Å². The zero-order valence-electron chi connectivity index (χ0n) is 15.4. The Balaban J connectivity index is 1.41. The molecule has 2 aliphatic rings. The lowest BCUT2D eigenvalue weighted by atomic mass is 9.91. The molecule has 1 spiro atoms. The summed E-state index contributed by atoms with van der Waals surface area (Å²) in [4.78, 5) is 8.48. The number of aryl methyl sites for hydroxylation is 1. The van der Waals surface area contributed by atoms with Crippen molar-refractivity contribution >= 4 is 15.9 Å². The normalized spacial score (nSPS) is 23.7. The second-order valence-corrected chi connectivity index (χ2v) is 9.20. The molecule has 2 fully saturated rings. The molecular formula is C17H18F2N6O3S. The van der Waals surface area contributed by atoms with Crippen LogP contribution >= 0.6 is 0 Å². The third kappa shape index (κ3) is 2.62. The van der Waals surface area contributed by atoms with Crippen LogP contribution < -0.4 is 5.14 Å². The molecule has 3 aromatic rings. The minimum absolute atomic E-state index is 0.00964. The molecule has 12 heteroatoms. The van der Waals surface area contributed by atoms with E-state index in [1.807, 2.05) is 11.3 Å². The van der Waals surface area contributed by atoms with Crippen molar-refractivity contribution in [3.63, 3.8) is 0 Å². The summed E-state index contributed by atoms with van der Waals surface area (Å²) < 4.78 is 60.5. The number of imidazole rings is 1. The van der Waals surface area contributed by atoms with E-state index in [0.717, 1.165) is 10.00 Å². The second-order valence-electron chi connectivity index (χ2n) is 7.66. The van der Waals surface area contributed by atoms with Crippen LogP contribution in [0.4, 0.5) is 8.78 Å². The van der Waals surface area contributed by atoms with Crippen molar-refractivity contribution in [2.24, 2.45) is 10.6 Å². The van der Waals surface area contributed by atoms with Crippen LogP contribution in [0.5, 0.6) is 0 Å². The molecule has 1 saturated carbocycles. The van der Waals surface area contributed by atoms with Crippen LogP contribution in [0.3, 0.4) is 0 Å². The first-order chi connectivity index (χ1) is 13.6. The van der Waals surface area contributed by atoms with Crippen molar-refractivity contribution in [3.8, 4) is 11.5 Å². The number of alkyl halides is 2. The summed E-state index contributed by atoms with van der Waals surface area (Å²) in [5.41, 5.74) is 0.870. The number of nitrogens with two attached hydrogens (primary N) is 1. The Hall–Kier alpha value is -2.44. The highest BCUT2D eigenvalue weighted by molar-refractivity contribution is 7.86. The first-order valence-electron chi connectivity index (χ1n) is 9.07. The lowest BCUT2D eigenvalue weighted by molar-refractivity contribution is 0.0411. The summed E-state index contributed by atoms with van der Waals surface area (Å²) in [6.45, 7) is 1.82. The molecule has 0 radical (unpaired) electrons. The topological polar surface area (TPSA) is 120 Å². The lowest BCUT2D eigenvalue weighted by Gasteiger charge is -2.30. The van der Waals surface area contributed by atoms with Gasteiger partial charge >= 0.3 is 0 Å². The molecule has 1 saturated heterocycles. The van der Waals surface area contributed by atoms with Gasteiger partial charge in [-0.2, -0.15) is 17.7 Å². The van der Waals surface area contributed by atoms with Gasteiger partial charge in [0.1, 0.15) is 5.65 Å². The summed E-state index contributed by atoms with van der Waals surface area (Å²) >= 11 is 0.